The molecular formula is C19H19FN2O2. The predicted octanol–water partition coefficient (Wildman–Crippen LogP) is 3.38. The lowest BCUT2D eigenvalue weighted by Crippen LogP contribution is -2.28. The number of nitrogens with one attached hydrogen (secondary N) is 1. The third kappa shape index (κ3) is 3.30. The Kier molecular flexibility index (Phi) is 4.60. The van der Waals surface area contributed by atoms with Crippen LogP contribution in [-0.4, -0.2) is 18.4 Å². The molecule has 0 unspecified atom stereocenters. The number of halogens is 1. The second-order valence-corrected chi connectivity index (χ2v) is 5.90. The van der Waals surface area contributed by atoms with Gasteiger partial charge in [0.25, 0.3) is 0 Å². The van der Waals surface area contributed by atoms with Gasteiger partial charge in [-0.3, -0.25) is 9.59 Å². The lowest BCUT2D eigenvalue weighted by molar-refractivity contribution is -0.122. The minimum absolute atomic E-state index is 0.0909. The molecule has 1 aliphatic heterocycles. The van der Waals surface area contributed by atoms with Crippen LogP contribution in [0.15, 0.2) is 48.5 Å². The maximum Gasteiger partial charge on any atom is 0.229 e. The highest BCUT2D eigenvalue weighted by Crippen LogP contribution is 2.28. The molecule has 0 bridgehead atoms. The monoisotopic (exact) mass is 326 g/mol. The molecule has 0 aliphatic carbocycles. The fourth-order valence-electron chi connectivity index (χ4n) is 2.90. The molecule has 0 radical (unpaired) electrons. The minimum atomic E-state index is -0.484. The van der Waals surface area contributed by atoms with Gasteiger partial charge < -0.3 is 10.2 Å². The van der Waals surface area contributed by atoms with E-state index in [1.54, 1.807) is 18.2 Å². The van der Waals surface area contributed by atoms with E-state index in [0.717, 1.165) is 17.7 Å². The molecule has 0 aromatic heterocycles. The van der Waals surface area contributed by atoms with E-state index < -0.39 is 11.7 Å². The summed E-state index contributed by atoms with van der Waals surface area (Å²) in [6.45, 7) is 2.24. The number of para-hydroxylation sites is 1. The van der Waals surface area contributed by atoms with Crippen molar-refractivity contribution in [3.63, 3.8) is 0 Å². The number of anilines is 2. The molecule has 2 amide bonds. The standard InChI is InChI=1S/C19H19FN2O2/c1-2-13-6-5-7-15(10-13)21-19(24)14-11-18(23)22(12-14)17-9-4-3-8-16(17)20/h3-10,14H,2,11-12H2,1H3,(H,21,24)/t14-/m0/s1. The fraction of sp³-hybridized carbons (Fsp3) is 0.263. The lowest BCUT2D eigenvalue weighted by Gasteiger charge is -2.17. The molecule has 1 heterocycles. The molecule has 0 spiro atoms. The van der Waals surface area contributed by atoms with Gasteiger partial charge in [-0.1, -0.05) is 31.2 Å². The first kappa shape index (κ1) is 16.2. The number of benzene rings is 2. The Balaban J connectivity index is 1.71. The molecular weight excluding hydrogens is 307 g/mol. The molecule has 4 nitrogen and oxygen atoms in total. The average Bonchev–Trinajstić information content (AvgIpc) is 2.97. The average molecular weight is 326 g/mol. The van der Waals surface area contributed by atoms with Crippen LogP contribution in [0.3, 0.4) is 0 Å². The van der Waals surface area contributed by atoms with E-state index in [2.05, 4.69) is 5.32 Å². The highest BCUT2D eigenvalue weighted by molar-refractivity contribution is 6.03. The topological polar surface area (TPSA) is 49.4 Å². The minimum Gasteiger partial charge on any atom is -0.326 e. The Morgan fingerprint density at radius 2 is 2.04 bits per heavy atom. The molecule has 2 aromatic carbocycles. The number of hydrogen-bond donors (Lipinski definition) is 1. The van der Waals surface area contributed by atoms with Crippen LogP contribution < -0.4 is 10.2 Å². The van der Waals surface area contributed by atoms with Crippen molar-refractivity contribution in [2.75, 3.05) is 16.8 Å². The number of nitrogens with zero attached hydrogens (tertiary/aromatic N) is 1. The van der Waals surface area contributed by atoms with E-state index in [-0.39, 0.29) is 30.5 Å². The third-order valence-electron chi connectivity index (χ3n) is 4.24. The first-order valence-corrected chi connectivity index (χ1v) is 8.03. The molecule has 2 aromatic rings. The number of rotatable bonds is 4. The van der Waals surface area contributed by atoms with Crippen LogP contribution in [0.2, 0.25) is 0 Å². The maximum absolute atomic E-state index is 13.9. The van der Waals surface area contributed by atoms with E-state index in [0.29, 0.717) is 0 Å². The van der Waals surface area contributed by atoms with Gasteiger partial charge >= 0.3 is 0 Å². The number of amides is 2. The Hall–Kier alpha value is -2.69. The predicted molar refractivity (Wildman–Crippen MR) is 91.3 cm³/mol. The second kappa shape index (κ2) is 6.83. The van der Waals surface area contributed by atoms with Crippen molar-refractivity contribution in [3.05, 3.63) is 59.9 Å². The molecule has 1 atom stereocenters. The lowest BCUT2D eigenvalue weighted by atomic mass is 10.1. The van der Waals surface area contributed by atoms with Gasteiger partial charge in [0.1, 0.15) is 5.82 Å². The van der Waals surface area contributed by atoms with E-state index in [9.17, 15) is 14.0 Å². The Bertz CT molecular complexity index is 775. The number of hydrogen-bond acceptors (Lipinski definition) is 2. The van der Waals surface area contributed by atoms with E-state index in [1.807, 2.05) is 31.2 Å². The summed E-state index contributed by atoms with van der Waals surface area (Å²) >= 11 is 0. The highest BCUT2D eigenvalue weighted by atomic mass is 19.1. The van der Waals surface area contributed by atoms with Crippen molar-refractivity contribution in [1.29, 1.82) is 0 Å². The van der Waals surface area contributed by atoms with Crippen molar-refractivity contribution in [2.45, 2.75) is 19.8 Å². The Labute approximate surface area is 140 Å². The summed E-state index contributed by atoms with van der Waals surface area (Å²) < 4.78 is 13.9. The maximum atomic E-state index is 13.9. The normalized spacial score (nSPS) is 17.2. The molecule has 1 fully saturated rings. The summed E-state index contributed by atoms with van der Waals surface area (Å²) in [5.41, 5.74) is 2.07. The van der Waals surface area contributed by atoms with Crippen molar-refractivity contribution in [2.24, 2.45) is 5.92 Å². The van der Waals surface area contributed by atoms with Gasteiger partial charge in [0.2, 0.25) is 11.8 Å². The van der Waals surface area contributed by atoms with Gasteiger partial charge in [0.15, 0.2) is 0 Å². The summed E-state index contributed by atoms with van der Waals surface area (Å²) in [7, 11) is 0. The van der Waals surface area contributed by atoms with Gasteiger partial charge in [0, 0.05) is 18.7 Å². The van der Waals surface area contributed by atoms with E-state index in [1.165, 1.54) is 11.0 Å². The van der Waals surface area contributed by atoms with Gasteiger partial charge in [-0.2, -0.15) is 0 Å². The number of aryl methyl sites for hydroxylation is 1. The zero-order valence-corrected chi connectivity index (χ0v) is 13.5. The molecule has 24 heavy (non-hydrogen) atoms. The zero-order valence-electron chi connectivity index (χ0n) is 13.5. The molecule has 124 valence electrons. The first-order valence-electron chi connectivity index (χ1n) is 8.03. The summed E-state index contributed by atoms with van der Waals surface area (Å²) in [6.07, 6.45) is 0.973. The summed E-state index contributed by atoms with van der Waals surface area (Å²) in [4.78, 5) is 26.0. The highest BCUT2D eigenvalue weighted by Gasteiger charge is 2.36. The van der Waals surface area contributed by atoms with Crippen LogP contribution in [0.1, 0.15) is 18.9 Å². The third-order valence-corrected chi connectivity index (χ3v) is 4.24. The number of carbonyl (C=O) groups excluding carboxylic acids is 2. The quantitative estimate of drug-likeness (QED) is 0.936. The van der Waals surface area contributed by atoms with E-state index >= 15 is 0 Å². The van der Waals surface area contributed by atoms with Crippen molar-refractivity contribution >= 4 is 23.2 Å². The molecule has 1 aliphatic rings. The molecule has 5 heteroatoms. The van der Waals surface area contributed by atoms with E-state index in [4.69, 9.17) is 0 Å². The molecule has 1 N–H and O–H groups in total. The van der Waals surface area contributed by atoms with Crippen molar-refractivity contribution in [1.82, 2.24) is 0 Å². The van der Waals surface area contributed by atoms with Crippen molar-refractivity contribution in [3.8, 4) is 0 Å². The first-order chi connectivity index (χ1) is 11.6. The smallest absolute Gasteiger partial charge is 0.229 e. The van der Waals surface area contributed by atoms with Crippen LogP contribution in [0, 0.1) is 11.7 Å². The molecule has 3 rings (SSSR count). The Morgan fingerprint density at radius 1 is 1.25 bits per heavy atom. The van der Waals surface area contributed by atoms with Gasteiger partial charge in [0.05, 0.1) is 11.6 Å². The SMILES string of the molecule is CCc1cccc(NC(=O)[C@H]2CC(=O)N(c3ccccc3F)C2)c1. The van der Waals surface area contributed by atoms with Gasteiger partial charge in [-0.15, -0.1) is 0 Å². The van der Waals surface area contributed by atoms with Crippen LogP contribution in [0.25, 0.3) is 0 Å². The van der Waals surface area contributed by atoms with Gasteiger partial charge in [-0.25, -0.2) is 4.39 Å². The summed E-state index contributed by atoms with van der Waals surface area (Å²) in [6, 6.07) is 13.7. The summed E-state index contributed by atoms with van der Waals surface area (Å²) in [5, 5.41) is 2.85. The van der Waals surface area contributed by atoms with Crippen LogP contribution in [0.4, 0.5) is 15.8 Å². The number of carbonyl (C=O) groups is 2. The summed E-state index contributed by atoms with van der Waals surface area (Å²) in [5.74, 6) is -1.39. The zero-order chi connectivity index (χ0) is 17.1. The molecule has 1 saturated heterocycles. The Morgan fingerprint density at radius 3 is 2.79 bits per heavy atom. The van der Waals surface area contributed by atoms with Crippen LogP contribution in [-0.2, 0) is 16.0 Å². The second-order valence-electron chi connectivity index (χ2n) is 5.90. The molecule has 0 saturated carbocycles. The van der Waals surface area contributed by atoms with Crippen LogP contribution >= 0.6 is 0 Å². The van der Waals surface area contributed by atoms with Gasteiger partial charge in [-0.05, 0) is 36.2 Å². The largest absolute Gasteiger partial charge is 0.326 e. The van der Waals surface area contributed by atoms with Crippen molar-refractivity contribution < 1.29 is 14.0 Å². The van der Waals surface area contributed by atoms with Crippen LogP contribution in [0.5, 0.6) is 0 Å². The fourth-order valence-corrected chi connectivity index (χ4v) is 2.90.